The molecule has 1 aliphatic heterocycles. The molecule has 140 valence electrons. The largest absolute Gasteiger partial charge is 0.449 e. The topological polar surface area (TPSA) is 63.4 Å². The van der Waals surface area contributed by atoms with E-state index in [9.17, 15) is 8.42 Å². The molecule has 0 radical (unpaired) electrons. The Hall–Kier alpha value is -1.80. The third-order valence-corrected chi connectivity index (χ3v) is 7.99. The highest BCUT2D eigenvalue weighted by atomic mass is 35.5. The number of oxazole rings is 1. The first-order chi connectivity index (χ1) is 13.0. The second-order valence-electron chi connectivity index (χ2n) is 6.14. The minimum Gasteiger partial charge on any atom is -0.449 e. The highest BCUT2D eigenvalue weighted by Gasteiger charge is 2.37. The molecule has 1 atom stereocenters. The Bertz CT molecular complexity index is 1060. The lowest BCUT2D eigenvalue weighted by atomic mass is 10.2. The fourth-order valence-corrected chi connectivity index (χ4v) is 6.62. The Balaban J connectivity index is 1.65. The SMILES string of the molecule is Cc1nc(-c2ccc(S(=O)(=O)N3CCSC3c3ccccc3Cl)cc2)co1. The van der Waals surface area contributed by atoms with Crippen LogP contribution in [0.15, 0.2) is 64.1 Å². The summed E-state index contributed by atoms with van der Waals surface area (Å²) < 4.78 is 33.2. The molecular formula is C19H17ClN2O3S2. The van der Waals surface area contributed by atoms with Crippen LogP contribution >= 0.6 is 23.4 Å². The molecular weight excluding hydrogens is 404 g/mol. The number of hydrogen-bond donors (Lipinski definition) is 0. The van der Waals surface area contributed by atoms with Gasteiger partial charge in [-0.2, -0.15) is 4.31 Å². The maximum absolute atomic E-state index is 13.2. The molecule has 1 fully saturated rings. The van der Waals surface area contributed by atoms with Gasteiger partial charge in [-0.3, -0.25) is 0 Å². The van der Waals surface area contributed by atoms with Crippen molar-refractivity contribution in [2.75, 3.05) is 12.3 Å². The van der Waals surface area contributed by atoms with Gasteiger partial charge in [0.2, 0.25) is 10.0 Å². The molecule has 0 amide bonds. The van der Waals surface area contributed by atoms with Crippen LogP contribution in [0.1, 0.15) is 16.8 Å². The molecule has 3 aromatic rings. The van der Waals surface area contributed by atoms with E-state index in [-0.39, 0.29) is 10.3 Å². The van der Waals surface area contributed by atoms with Crippen LogP contribution < -0.4 is 0 Å². The summed E-state index contributed by atoms with van der Waals surface area (Å²) in [5, 5.41) is 0.260. The summed E-state index contributed by atoms with van der Waals surface area (Å²) in [7, 11) is -3.64. The highest BCUT2D eigenvalue weighted by molar-refractivity contribution is 8.01. The summed E-state index contributed by atoms with van der Waals surface area (Å²) >= 11 is 7.89. The van der Waals surface area contributed by atoms with E-state index in [4.69, 9.17) is 16.0 Å². The average molecular weight is 421 g/mol. The fraction of sp³-hybridized carbons (Fsp3) is 0.211. The standard InChI is InChI=1S/C19H17ClN2O3S2/c1-13-21-18(12-25-13)14-6-8-15(9-7-14)27(23,24)22-10-11-26-19(22)16-4-2-3-5-17(16)20/h2-9,12,19H,10-11H2,1H3. The van der Waals surface area contributed by atoms with E-state index in [1.807, 2.05) is 18.2 Å². The molecule has 27 heavy (non-hydrogen) atoms. The first kappa shape index (κ1) is 18.6. The quantitative estimate of drug-likeness (QED) is 0.610. The molecule has 0 bridgehead atoms. The van der Waals surface area contributed by atoms with Crippen molar-refractivity contribution in [3.05, 3.63) is 71.3 Å². The maximum atomic E-state index is 13.2. The van der Waals surface area contributed by atoms with Crippen molar-refractivity contribution < 1.29 is 12.8 Å². The zero-order valence-corrected chi connectivity index (χ0v) is 16.9. The number of thioether (sulfide) groups is 1. The number of benzene rings is 2. The van der Waals surface area contributed by atoms with E-state index < -0.39 is 10.0 Å². The molecule has 0 aliphatic carbocycles. The predicted octanol–water partition coefficient (Wildman–Crippen LogP) is 4.74. The molecule has 8 heteroatoms. The number of sulfonamides is 1. The summed E-state index contributed by atoms with van der Waals surface area (Å²) in [6.07, 6.45) is 1.56. The van der Waals surface area contributed by atoms with E-state index in [0.717, 1.165) is 16.9 Å². The smallest absolute Gasteiger partial charge is 0.244 e. The normalized spacial score (nSPS) is 18.1. The van der Waals surface area contributed by atoms with E-state index in [1.54, 1.807) is 55.3 Å². The van der Waals surface area contributed by atoms with Gasteiger partial charge in [-0.15, -0.1) is 11.8 Å². The fourth-order valence-electron chi connectivity index (χ4n) is 3.05. The third-order valence-electron chi connectivity index (χ3n) is 4.40. The number of aromatic nitrogens is 1. The predicted molar refractivity (Wildman–Crippen MR) is 107 cm³/mol. The monoisotopic (exact) mass is 420 g/mol. The summed E-state index contributed by atoms with van der Waals surface area (Å²) in [4.78, 5) is 4.52. The molecule has 5 nitrogen and oxygen atoms in total. The lowest BCUT2D eigenvalue weighted by Gasteiger charge is -2.24. The first-order valence-electron chi connectivity index (χ1n) is 8.37. The molecule has 1 saturated heterocycles. The highest BCUT2D eigenvalue weighted by Crippen LogP contribution is 2.43. The van der Waals surface area contributed by atoms with Gasteiger partial charge < -0.3 is 4.42 Å². The Labute approximate surface area is 167 Å². The Morgan fingerprint density at radius 2 is 1.93 bits per heavy atom. The van der Waals surface area contributed by atoms with E-state index in [1.165, 1.54) is 4.31 Å². The minimum atomic E-state index is -3.64. The third kappa shape index (κ3) is 3.52. The molecule has 1 aromatic heterocycles. The number of hydrogen-bond acceptors (Lipinski definition) is 5. The van der Waals surface area contributed by atoms with Gasteiger partial charge in [0.15, 0.2) is 5.89 Å². The van der Waals surface area contributed by atoms with Gasteiger partial charge in [-0.25, -0.2) is 13.4 Å². The second kappa shape index (κ2) is 7.31. The van der Waals surface area contributed by atoms with Crippen molar-refractivity contribution in [2.24, 2.45) is 0 Å². The molecule has 0 saturated carbocycles. The van der Waals surface area contributed by atoms with Gasteiger partial charge in [0.1, 0.15) is 12.0 Å². The van der Waals surface area contributed by atoms with Crippen molar-refractivity contribution in [3.8, 4) is 11.3 Å². The summed E-state index contributed by atoms with van der Waals surface area (Å²) in [6, 6.07) is 14.1. The van der Waals surface area contributed by atoms with Crippen LogP contribution in [0, 0.1) is 6.92 Å². The van der Waals surface area contributed by atoms with Crippen LogP contribution in [-0.4, -0.2) is 30.0 Å². The van der Waals surface area contributed by atoms with Crippen LogP contribution in [0.25, 0.3) is 11.3 Å². The van der Waals surface area contributed by atoms with Crippen molar-refractivity contribution in [1.82, 2.24) is 9.29 Å². The Morgan fingerprint density at radius 1 is 1.19 bits per heavy atom. The van der Waals surface area contributed by atoms with Crippen molar-refractivity contribution in [2.45, 2.75) is 17.2 Å². The van der Waals surface area contributed by atoms with Gasteiger partial charge in [0.25, 0.3) is 0 Å². The molecule has 2 heterocycles. The van der Waals surface area contributed by atoms with Gasteiger partial charge in [0.05, 0.1) is 10.3 Å². The van der Waals surface area contributed by atoms with Crippen molar-refractivity contribution in [1.29, 1.82) is 0 Å². The zero-order valence-electron chi connectivity index (χ0n) is 14.5. The second-order valence-corrected chi connectivity index (χ2v) is 9.62. The Morgan fingerprint density at radius 3 is 2.59 bits per heavy atom. The van der Waals surface area contributed by atoms with Crippen molar-refractivity contribution in [3.63, 3.8) is 0 Å². The van der Waals surface area contributed by atoms with Gasteiger partial charge in [0, 0.05) is 29.8 Å². The lowest BCUT2D eigenvalue weighted by Crippen LogP contribution is -2.30. The minimum absolute atomic E-state index is 0.256. The zero-order chi connectivity index (χ0) is 19.0. The Kier molecular flexibility index (Phi) is 5.03. The first-order valence-corrected chi connectivity index (χ1v) is 11.2. The number of halogens is 1. The number of aryl methyl sites for hydroxylation is 1. The molecule has 1 aliphatic rings. The van der Waals surface area contributed by atoms with Crippen molar-refractivity contribution >= 4 is 33.4 Å². The van der Waals surface area contributed by atoms with E-state index in [0.29, 0.717) is 23.2 Å². The summed E-state index contributed by atoms with van der Waals surface area (Å²) in [5.41, 5.74) is 2.31. The van der Waals surface area contributed by atoms with Crippen LogP contribution in [0.4, 0.5) is 0 Å². The van der Waals surface area contributed by atoms with Gasteiger partial charge in [-0.1, -0.05) is 41.9 Å². The van der Waals surface area contributed by atoms with Crippen LogP contribution in [0.5, 0.6) is 0 Å². The summed E-state index contributed by atoms with van der Waals surface area (Å²) in [6.45, 7) is 2.22. The maximum Gasteiger partial charge on any atom is 0.244 e. The molecule has 0 N–H and O–H groups in total. The van der Waals surface area contributed by atoms with Gasteiger partial charge >= 0.3 is 0 Å². The van der Waals surface area contributed by atoms with Crippen LogP contribution in [0.2, 0.25) is 5.02 Å². The van der Waals surface area contributed by atoms with E-state index in [2.05, 4.69) is 4.98 Å². The lowest BCUT2D eigenvalue weighted by molar-refractivity contribution is 0.434. The molecule has 4 rings (SSSR count). The molecule has 0 spiro atoms. The average Bonchev–Trinajstić information content (AvgIpc) is 3.32. The number of rotatable bonds is 4. The van der Waals surface area contributed by atoms with Crippen LogP contribution in [0.3, 0.4) is 0 Å². The molecule has 1 unspecified atom stereocenters. The molecule has 2 aromatic carbocycles. The van der Waals surface area contributed by atoms with Gasteiger partial charge in [-0.05, 0) is 23.8 Å². The number of nitrogens with zero attached hydrogens (tertiary/aromatic N) is 2. The van der Waals surface area contributed by atoms with Crippen LogP contribution in [-0.2, 0) is 10.0 Å². The van der Waals surface area contributed by atoms with E-state index >= 15 is 0 Å². The summed E-state index contributed by atoms with van der Waals surface area (Å²) in [5.74, 6) is 1.30.